The number of carbonyl (C=O) groups excluding carboxylic acids is 2. The molecule has 0 unspecified atom stereocenters. The Morgan fingerprint density at radius 3 is 2.17 bits per heavy atom. The topological polar surface area (TPSA) is 57.6 Å². The van der Waals surface area contributed by atoms with Gasteiger partial charge in [-0.05, 0) is 49.1 Å². The zero-order valence-corrected chi connectivity index (χ0v) is 13.3. The number of benzene rings is 2. The maximum absolute atomic E-state index is 12.8. The van der Waals surface area contributed by atoms with Crippen LogP contribution in [0.15, 0.2) is 48.2 Å². The number of anilines is 1. The Morgan fingerprint density at radius 2 is 1.52 bits per heavy atom. The van der Waals surface area contributed by atoms with Crippen LogP contribution in [0, 0.1) is 20.8 Å². The van der Waals surface area contributed by atoms with E-state index in [2.05, 4.69) is 0 Å². The number of aryl methyl sites for hydroxylation is 3. The lowest BCUT2D eigenvalue weighted by atomic mass is 10.00. The number of rotatable bonds is 2. The van der Waals surface area contributed by atoms with Gasteiger partial charge >= 0.3 is 5.91 Å². The quantitative estimate of drug-likeness (QED) is 0.865. The highest BCUT2D eigenvalue weighted by Crippen LogP contribution is 2.33. The largest absolute Gasteiger partial charge is 0.502 e. The molecule has 4 nitrogen and oxygen atoms in total. The molecule has 0 aliphatic carbocycles. The van der Waals surface area contributed by atoms with Crippen LogP contribution in [0.25, 0.3) is 5.57 Å². The Hall–Kier alpha value is -2.88. The van der Waals surface area contributed by atoms with Gasteiger partial charge in [-0.25, -0.2) is 4.90 Å². The molecule has 4 heteroatoms. The molecule has 1 N–H and O–H groups in total. The highest BCUT2D eigenvalue weighted by atomic mass is 16.3. The molecular weight excluding hydrogens is 290 g/mol. The predicted octanol–water partition coefficient (Wildman–Crippen LogP) is 3.45. The van der Waals surface area contributed by atoms with Gasteiger partial charge in [0.05, 0.1) is 11.3 Å². The number of aliphatic hydroxyl groups excluding tert-OH is 1. The fourth-order valence-electron chi connectivity index (χ4n) is 2.71. The number of nitrogens with zero attached hydrogens (tertiary/aromatic N) is 1. The number of carbonyl (C=O) groups is 2. The number of hydrogen-bond acceptors (Lipinski definition) is 3. The summed E-state index contributed by atoms with van der Waals surface area (Å²) in [6.07, 6.45) is 0. The van der Waals surface area contributed by atoms with Crippen LogP contribution in [0.3, 0.4) is 0 Å². The molecule has 2 aromatic carbocycles. The van der Waals surface area contributed by atoms with E-state index in [0.717, 1.165) is 21.6 Å². The zero-order chi connectivity index (χ0) is 16.7. The summed E-state index contributed by atoms with van der Waals surface area (Å²) in [6, 6.07) is 12.5. The first kappa shape index (κ1) is 15.0. The van der Waals surface area contributed by atoms with Crippen LogP contribution in [0.2, 0.25) is 0 Å². The first-order valence-corrected chi connectivity index (χ1v) is 7.37. The van der Waals surface area contributed by atoms with Crippen molar-refractivity contribution >= 4 is 23.1 Å². The molecule has 0 saturated heterocycles. The standard InChI is InChI=1S/C19H17NO3/c1-11-8-9-14(10-13(11)3)16-17(21)19(23)20(18(16)22)15-7-5-4-6-12(15)2/h4-10,21H,1-3H3. The summed E-state index contributed by atoms with van der Waals surface area (Å²) >= 11 is 0. The van der Waals surface area contributed by atoms with Gasteiger partial charge in [-0.2, -0.15) is 0 Å². The molecule has 0 aromatic heterocycles. The van der Waals surface area contributed by atoms with E-state index in [-0.39, 0.29) is 5.57 Å². The van der Waals surface area contributed by atoms with Crippen LogP contribution >= 0.6 is 0 Å². The highest BCUT2D eigenvalue weighted by molar-refractivity contribution is 6.45. The zero-order valence-electron chi connectivity index (χ0n) is 13.3. The van der Waals surface area contributed by atoms with Gasteiger partial charge in [0.1, 0.15) is 0 Å². The lowest BCUT2D eigenvalue weighted by Crippen LogP contribution is -2.32. The van der Waals surface area contributed by atoms with E-state index in [1.165, 1.54) is 0 Å². The third-order valence-corrected chi connectivity index (χ3v) is 4.21. The maximum atomic E-state index is 12.8. The third-order valence-electron chi connectivity index (χ3n) is 4.21. The monoisotopic (exact) mass is 307 g/mol. The van der Waals surface area contributed by atoms with Crippen molar-refractivity contribution in [2.24, 2.45) is 0 Å². The Kier molecular flexibility index (Phi) is 3.52. The number of amides is 2. The van der Waals surface area contributed by atoms with Gasteiger partial charge in [-0.1, -0.05) is 36.4 Å². The fourth-order valence-corrected chi connectivity index (χ4v) is 2.71. The second kappa shape index (κ2) is 5.39. The van der Waals surface area contributed by atoms with E-state index < -0.39 is 17.6 Å². The van der Waals surface area contributed by atoms with Gasteiger partial charge < -0.3 is 5.11 Å². The summed E-state index contributed by atoms with van der Waals surface area (Å²) in [5.74, 6) is -1.68. The number of para-hydroxylation sites is 1. The molecule has 23 heavy (non-hydrogen) atoms. The molecule has 1 aliphatic rings. The van der Waals surface area contributed by atoms with E-state index in [1.54, 1.807) is 18.2 Å². The minimum Gasteiger partial charge on any atom is -0.502 e. The normalized spacial score (nSPS) is 14.8. The van der Waals surface area contributed by atoms with Gasteiger partial charge in [0.15, 0.2) is 5.76 Å². The third kappa shape index (κ3) is 2.32. The molecule has 0 bridgehead atoms. The summed E-state index contributed by atoms with van der Waals surface area (Å²) < 4.78 is 0. The lowest BCUT2D eigenvalue weighted by molar-refractivity contribution is -0.121. The van der Waals surface area contributed by atoms with Gasteiger partial charge in [-0.15, -0.1) is 0 Å². The van der Waals surface area contributed by atoms with Crippen molar-refractivity contribution in [3.8, 4) is 0 Å². The van der Waals surface area contributed by atoms with Crippen molar-refractivity contribution < 1.29 is 14.7 Å². The first-order valence-electron chi connectivity index (χ1n) is 7.37. The lowest BCUT2D eigenvalue weighted by Gasteiger charge is -2.17. The van der Waals surface area contributed by atoms with E-state index >= 15 is 0 Å². The van der Waals surface area contributed by atoms with Crippen LogP contribution in [0.1, 0.15) is 22.3 Å². The van der Waals surface area contributed by atoms with E-state index in [1.807, 2.05) is 45.0 Å². The molecule has 0 spiro atoms. The van der Waals surface area contributed by atoms with E-state index in [9.17, 15) is 14.7 Å². The summed E-state index contributed by atoms with van der Waals surface area (Å²) in [5, 5.41) is 10.2. The maximum Gasteiger partial charge on any atom is 0.301 e. The Balaban J connectivity index is 2.10. The van der Waals surface area contributed by atoms with Crippen molar-refractivity contribution in [2.45, 2.75) is 20.8 Å². The molecule has 3 rings (SSSR count). The van der Waals surface area contributed by atoms with Crippen molar-refractivity contribution in [1.29, 1.82) is 0 Å². The number of hydrogen-bond donors (Lipinski definition) is 1. The summed E-state index contributed by atoms with van der Waals surface area (Å²) in [4.78, 5) is 26.2. The van der Waals surface area contributed by atoms with Crippen LogP contribution in [-0.4, -0.2) is 16.9 Å². The molecule has 0 atom stereocenters. The second-order valence-corrected chi connectivity index (χ2v) is 5.75. The summed E-state index contributed by atoms with van der Waals surface area (Å²) in [6.45, 7) is 5.71. The minimum absolute atomic E-state index is 0.0568. The molecule has 2 amide bonds. The average molecular weight is 307 g/mol. The molecule has 116 valence electrons. The molecule has 0 saturated carbocycles. The van der Waals surface area contributed by atoms with E-state index in [4.69, 9.17) is 0 Å². The minimum atomic E-state index is -0.683. The molecule has 0 fully saturated rings. The molecule has 1 aliphatic heterocycles. The van der Waals surface area contributed by atoms with Crippen molar-refractivity contribution in [1.82, 2.24) is 0 Å². The summed E-state index contributed by atoms with van der Waals surface area (Å²) in [7, 11) is 0. The average Bonchev–Trinajstić information content (AvgIpc) is 2.73. The fraction of sp³-hybridized carbons (Fsp3) is 0.158. The highest BCUT2D eigenvalue weighted by Gasteiger charge is 2.40. The van der Waals surface area contributed by atoms with Gasteiger partial charge in [-0.3, -0.25) is 9.59 Å². The molecule has 1 heterocycles. The predicted molar refractivity (Wildman–Crippen MR) is 89.1 cm³/mol. The van der Waals surface area contributed by atoms with Gasteiger partial charge in [0.2, 0.25) is 0 Å². The SMILES string of the molecule is Cc1ccc(C2=C(O)C(=O)N(c3ccccc3C)C2=O)cc1C. The van der Waals surface area contributed by atoms with Crippen molar-refractivity contribution in [3.63, 3.8) is 0 Å². The summed E-state index contributed by atoms with van der Waals surface area (Å²) in [5.41, 5.74) is 3.98. The van der Waals surface area contributed by atoms with Crippen molar-refractivity contribution in [3.05, 3.63) is 70.5 Å². The van der Waals surface area contributed by atoms with Crippen LogP contribution in [0.5, 0.6) is 0 Å². The van der Waals surface area contributed by atoms with Crippen LogP contribution in [0.4, 0.5) is 5.69 Å². The van der Waals surface area contributed by atoms with E-state index in [0.29, 0.717) is 11.3 Å². The Bertz CT molecular complexity index is 865. The van der Waals surface area contributed by atoms with Crippen LogP contribution in [-0.2, 0) is 9.59 Å². The van der Waals surface area contributed by atoms with Crippen molar-refractivity contribution in [2.75, 3.05) is 4.90 Å². The molecule has 2 aromatic rings. The molecule has 0 radical (unpaired) electrons. The Morgan fingerprint density at radius 1 is 0.826 bits per heavy atom. The first-order chi connectivity index (χ1) is 10.9. The molecular formula is C19H17NO3. The van der Waals surface area contributed by atoms with Crippen LogP contribution < -0.4 is 4.90 Å². The van der Waals surface area contributed by atoms with Gasteiger partial charge in [0, 0.05) is 0 Å². The Labute approximate surface area is 134 Å². The second-order valence-electron chi connectivity index (χ2n) is 5.75. The van der Waals surface area contributed by atoms with Gasteiger partial charge in [0.25, 0.3) is 5.91 Å². The smallest absolute Gasteiger partial charge is 0.301 e. The number of aliphatic hydroxyl groups is 1. The number of imide groups is 1.